The fraction of sp³-hybridized carbons (Fsp3) is 0.286. The van der Waals surface area contributed by atoms with E-state index in [-0.39, 0.29) is 5.75 Å². The second-order valence-corrected chi connectivity index (χ2v) is 5.21. The minimum atomic E-state index is 0.213. The van der Waals surface area contributed by atoms with E-state index >= 15 is 0 Å². The van der Waals surface area contributed by atoms with Crippen LogP contribution in [0.25, 0.3) is 0 Å². The molecule has 0 aliphatic carbocycles. The van der Waals surface area contributed by atoms with Gasteiger partial charge in [0.05, 0.1) is 11.4 Å². The highest BCUT2D eigenvalue weighted by Crippen LogP contribution is 2.25. The molecule has 0 amide bonds. The number of nitrogens with zero attached hydrogens (tertiary/aromatic N) is 3. The maximum Gasteiger partial charge on any atom is 0.124 e. The van der Waals surface area contributed by atoms with Gasteiger partial charge in [0.25, 0.3) is 0 Å². The first kappa shape index (κ1) is 13.8. The molecular formula is C14H16BrN3O. The van der Waals surface area contributed by atoms with Crippen molar-refractivity contribution in [2.24, 2.45) is 4.99 Å². The number of hydrogen-bond donors (Lipinski definition) is 1. The Hall–Kier alpha value is -1.62. The molecule has 0 unspecified atom stereocenters. The Morgan fingerprint density at radius 3 is 2.79 bits per heavy atom. The van der Waals surface area contributed by atoms with E-state index < -0.39 is 0 Å². The highest BCUT2D eigenvalue weighted by Gasteiger charge is 2.09. The zero-order valence-electron chi connectivity index (χ0n) is 11.2. The zero-order valence-corrected chi connectivity index (χ0v) is 12.8. The summed E-state index contributed by atoms with van der Waals surface area (Å²) in [6, 6.07) is 5.26. The van der Waals surface area contributed by atoms with Crippen molar-refractivity contribution in [2.75, 3.05) is 0 Å². The van der Waals surface area contributed by atoms with Gasteiger partial charge in [-0.1, -0.05) is 15.9 Å². The number of aromatic hydroxyl groups is 1. The molecule has 0 aliphatic heterocycles. The molecule has 0 bridgehead atoms. The predicted molar refractivity (Wildman–Crippen MR) is 80.4 cm³/mol. The molecule has 100 valence electrons. The quantitative estimate of drug-likeness (QED) is 0.875. The van der Waals surface area contributed by atoms with E-state index in [1.54, 1.807) is 18.3 Å². The van der Waals surface area contributed by atoms with Crippen LogP contribution in [0.4, 0.5) is 5.69 Å². The molecule has 2 aromatic rings. The van der Waals surface area contributed by atoms with Crippen molar-refractivity contribution in [1.29, 1.82) is 0 Å². The van der Waals surface area contributed by atoms with E-state index in [0.29, 0.717) is 5.56 Å². The van der Waals surface area contributed by atoms with Crippen LogP contribution in [-0.4, -0.2) is 21.1 Å². The number of rotatable bonds is 3. The highest BCUT2D eigenvalue weighted by molar-refractivity contribution is 9.10. The number of phenols is 1. The molecule has 4 nitrogen and oxygen atoms in total. The first-order valence-electron chi connectivity index (χ1n) is 6.09. The molecule has 0 saturated heterocycles. The SMILES string of the molecule is CCn1nc(C)c(N=Cc2cc(Br)ccc2O)c1C. The number of aliphatic imine (C=N–C) groups is 1. The molecule has 1 aromatic heterocycles. The lowest BCUT2D eigenvalue weighted by Gasteiger charge is -2.00. The van der Waals surface area contributed by atoms with Gasteiger partial charge in [-0.05, 0) is 39.0 Å². The van der Waals surface area contributed by atoms with Gasteiger partial charge in [-0.3, -0.25) is 9.67 Å². The van der Waals surface area contributed by atoms with Gasteiger partial charge in [0.1, 0.15) is 11.4 Å². The topological polar surface area (TPSA) is 50.4 Å². The number of benzene rings is 1. The number of phenolic OH excluding ortho intramolecular Hbond substituents is 1. The van der Waals surface area contributed by atoms with E-state index in [1.807, 2.05) is 31.5 Å². The summed E-state index contributed by atoms with van der Waals surface area (Å²) in [4.78, 5) is 4.46. The minimum absolute atomic E-state index is 0.213. The Kier molecular flexibility index (Phi) is 4.04. The van der Waals surface area contributed by atoms with Crippen molar-refractivity contribution >= 4 is 27.8 Å². The predicted octanol–water partition coefficient (Wildman–Crippen LogP) is 3.74. The molecule has 5 heteroatoms. The first-order valence-corrected chi connectivity index (χ1v) is 6.88. The molecule has 0 radical (unpaired) electrons. The van der Waals surface area contributed by atoms with Crippen molar-refractivity contribution in [3.63, 3.8) is 0 Å². The van der Waals surface area contributed by atoms with Crippen LogP contribution in [0.3, 0.4) is 0 Å². The normalized spacial score (nSPS) is 11.4. The lowest BCUT2D eigenvalue weighted by atomic mass is 10.2. The van der Waals surface area contributed by atoms with Crippen molar-refractivity contribution < 1.29 is 5.11 Å². The summed E-state index contributed by atoms with van der Waals surface area (Å²) in [6.45, 7) is 6.81. The van der Waals surface area contributed by atoms with Crippen LogP contribution in [0.5, 0.6) is 5.75 Å². The number of hydrogen-bond acceptors (Lipinski definition) is 3. The average molecular weight is 322 g/mol. The first-order chi connectivity index (χ1) is 9.02. The van der Waals surface area contributed by atoms with Gasteiger partial charge in [-0.25, -0.2) is 0 Å². The van der Waals surface area contributed by atoms with E-state index in [1.165, 1.54) is 0 Å². The Morgan fingerprint density at radius 1 is 1.42 bits per heavy atom. The summed E-state index contributed by atoms with van der Waals surface area (Å²) in [5.41, 5.74) is 3.47. The third-order valence-electron chi connectivity index (χ3n) is 2.97. The summed E-state index contributed by atoms with van der Waals surface area (Å²) in [7, 11) is 0. The van der Waals surface area contributed by atoms with Crippen LogP contribution in [0.2, 0.25) is 0 Å². The summed E-state index contributed by atoms with van der Waals surface area (Å²) >= 11 is 3.38. The van der Waals surface area contributed by atoms with Crippen molar-refractivity contribution in [1.82, 2.24) is 9.78 Å². The zero-order chi connectivity index (χ0) is 14.0. The molecule has 0 atom stereocenters. The van der Waals surface area contributed by atoms with E-state index in [0.717, 1.165) is 28.1 Å². The van der Waals surface area contributed by atoms with E-state index in [2.05, 4.69) is 26.0 Å². The van der Waals surface area contributed by atoms with Crippen LogP contribution in [-0.2, 0) is 6.54 Å². The molecular weight excluding hydrogens is 306 g/mol. The van der Waals surface area contributed by atoms with Crippen LogP contribution < -0.4 is 0 Å². The Morgan fingerprint density at radius 2 is 2.16 bits per heavy atom. The number of halogens is 1. The molecule has 1 heterocycles. The van der Waals surface area contributed by atoms with Crippen LogP contribution in [0.1, 0.15) is 23.9 Å². The molecule has 1 N–H and O–H groups in total. The molecule has 2 rings (SSSR count). The summed E-state index contributed by atoms with van der Waals surface area (Å²) < 4.78 is 2.83. The molecule has 0 spiro atoms. The number of aryl methyl sites for hydroxylation is 2. The van der Waals surface area contributed by atoms with Crippen LogP contribution >= 0.6 is 15.9 Å². The lowest BCUT2D eigenvalue weighted by Crippen LogP contribution is -1.98. The van der Waals surface area contributed by atoms with Crippen molar-refractivity contribution in [3.8, 4) is 5.75 Å². The molecule has 0 aliphatic rings. The van der Waals surface area contributed by atoms with Gasteiger partial charge in [0.15, 0.2) is 0 Å². The van der Waals surface area contributed by atoms with Gasteiger partial charge in [0, 0.05) is 22.8 Å². The number of aromatic nitrogens is 2. The summed E-state index contributed by atoms with van der Waals surface area (Å²) in [6.07, 6.45) is 1.66. The van der Waals surface area contributed by atoms with Crippen LogP contribution in [0.15, 0.2) is 27.7 Å². The maximum atomic E-state index is 9.77. The van der Waals surface area contributed by atoms with E-state index in [9.17, 15) is 5.11 Å². The average Bonchev–Trinajstić information content (AvgIpc) is 2.66. The van der Waals surface area contributed by atoms with Crippen molar-refractivity contribution in [3.05, 3.63) is 39.6 Å². The van der Waals surface area contributed by atoms with Crippen LogP contribution in [0, 0.1) is 13.8 Å². The minimum Gasteiger partial charge on any atom is -0.507 e. The van der Waals surface area contributed by atoms with Gasteiger partial charge >= 0.3 is 0 Å². The second kappa shape index (κ2) is 5.57. The van der Waals surface area contributed by atoms with E-state index in [4.69, 9.17) is 0 Å². The van der Waals surface area contributed by atoms with Gasteiger partial charge < -0.3 is 5.11 Å². The fourth-order valence-corrected chi connectivity index (χ4v) is 2.32. The third kappa shape index (κ3) is 2.87. The molecule has 0 fully saturated rings. The summed E-state index contributed by atoms with van der Waals surface area (Å²) in [5.74, 6) is 0.213. The Labute approximate surface area is 120 Å². The van der Waals surface area contributed by atoms with Gasteiger partial charge in [0.2, 0.25) is 0 Å². The van der Waals surface area contributed by atoms with Gasteiger partial charge in [-0.15, -0.1) is 0 Å². The Balaban J connectivity index is 2.38. The lowest BCUT2D eigenvalue weighted by molar-refractivity contribution is 0.474. The fourth-order valence-electron chi connectivity index (χ4n) is 1.95. The largest absolute Gasteiger partial charge is 0.507 e. The smallest absolute Gasteiger partial charge is 0.124 e. The molecule has 0 saturated carbocycles. The monoisotopic (exact) mass is 321 g/mol. The second-order valence-electron chi connectivity index (χ2n) is 4.30. The standard InChI is InChI=1S/C14H16BrN3O/c1-4-18-10(3)14(9(2)17-18)16-8-11-7-12(15)5-6-13(11)19/h5-8,19H,4H2,1-3H3. The van der Waals surface area contributed by atoms with Gasteiger partial charge in [-0.2, -0.15) is 5.10 Å². The Bertz CT molecular complexity index is 632. The highest BCUT2D eigenvalue weighted by atomic mass is 79.9. The summed E-state index contributed by atoms with van der Waals surface area (Å²) in [5, 5.41) is 14.2. The van der Waals surface area contributed by atoms with Crippen molar-refractivity contribution in [2.45, 2.75) is 27.3 Å². The molecule has 1 aromatic carbocycles. The maximum absolute atomic E-state index is 9.77. The molecule has 19 heavy (non-hydrogen) atoms. The third-order valence-corrected chi connectivity index (χ3v) is 3.46.